The lowest BCUT2D eigenvalue weighted by Crippen LogP contribution is -2.29. The van der Waals surface area contributed by atoms with Gasteiger partial charge in [-0.2, -0.15) is 13.2 Å². The number of rotatable bonds is 8. The van der Waals surface area contributed by atoms with Gasteiger partial charge in [0, 0.05) is 32.8 Å². The van der Waals surface area contributed by atoms with Gasteiger partial charge in [0.15, 0.2) is 0 Å². The van der Waals surface area contributed by atoms with Crippen LogP contribution >= 0.6 is 0 Å². The van der Waals surface area contributed by atoms with Crippen LogP contribution in [0.1, 0.15) is 26.1 Å². The number of nitrogens with one attached hydrogen (secondary N) is 1. The van der Waals surface area contributed by atoms with Crippen molar-refractivity contribution in [1.82, 2.24) is 9.97 Å². The average Bonchev–Trinajstić information content (AvgIpc) is 2.45. The third kappa shape index (κ3) is 5.37. The number of ether oxygens (including phenoxy) is 1. The Morgan fingerprint density at radius 1 is 1.29 bits per heavy atom. The van der Waals surface area contributed by atoms with Crippen LogP contribution in [0.3, 0.4) is 0 Å². The van der Waals surface area contributed by atoms with Crippen LogP contribution < -0.4 is 10.2 Å². The van der Waals surface area contributed by atoms with Crippen molar-refractivity contribution in [3.8, 4) is 0 Å². The molecule has 1 heterocycles. The second kappa shape index (κ2) is 8.02. The summed E-state index contributed by atoms with van der Waals surface area (Å²) in [5.74, 6) is -0.699. The highest BCUT2D eigenvalue weighted by atomic mass is 19.4. The number of likely N-dealkylation sites (N-methyl/N-ethyl adjacent to an activating group) is 1. The van der Waals surface area contributed by atoms with Crippen molar-refractivity contribution in [2.45, 2.75) is 26.4 Å². The summed E-state index contributed by atoms with van der Waals surface area (Å²) >= 11 is 0. The molecular weight excluding hydrogens is 285 g/mol. The second-order valence-electron chi connectivity index (χ2n) is 4.43. The Bertz CT molecular complexity index is 440. The van der Waals surface area contributed by atoms with Gasteiger partial charge in [-0.25, -0.2) is 9.97 Å². The Kier molecular flexibility index (Phi) is 6.67. The SMILES string of the molecule is CCCNc1cc(N(CC)CCOC)nc(C(F)(F)F)n1. The fourth-order valence-corrected chi connectivity index (χ4v) is 1.70. The molecule has 0 aromatic carbocycles. The predicted molar refractivity (Wildman–Crippen MR) is 75.6 cm³/mol. The minimum absolute atomic E-state index is 0.185. The van der Waals surface area contributed by atoms with Crippen LogP contribution in [0.2, 0.25) is 0 Å². The summed E-state index contributed by atoms with van der Waals surface area (Å²) in [5, 5.41) is 2.87. The molecule has 0 aliphatic carbocycles. The first kappa shape index (κ1) is 17.5. The molecule has 0 amide bonds. The number of hydrogen-bond donors (Lipinski definition) is 1. The summed E-state index contributed by atoms with van der Waals surface area (Å²) < 4.78 is 43.6. The molecule has 120 valence electrons. The van der Waals surface area contributed by atoms with Gasteiger partial charge in [0.1, 0.15) is 11.6 Å². The Balaban J connectivity index is 3.10. The van der Waals surface area contributed by atoms with Crippen molar-refractivity contribution in [3.63, 3.8) is 0 Å². The number of halogens is 3. The molecule has 0 saturated carbocycles. The number of anilines is 2. The van der Waals surface area contributed by atoms with E-state index < -0.39 is 12.0 Å². The average molecular weight is 306 g/mol. The molecule has 1 rings (SSSR count). The molecular formula is C13H21F3N4O. The van der Waals surface area contributed by atoms with Gasteiger partial charge in [0.2, 0.25) is 5.82 Å². The summed E-state index contributed by atoms with van der Waals surface area (Å²) in [6.07, 6.45) is -3.78. The van der Waals surface area contributed by atoms with E-state index in [1.54, 1.807) is 12.0 Å². The predicted octanol–water partition coefficient (Wildman–Crippen LogP) is 2.79. The number of methoxy groups -OCH3 is 1. The first-order chi connectivity index (χ1) is 9.92. The van der Waals surface area contributed by atoms with E-state index in [1.165, 1.54) is 6.07 Å². The van der Waals surface area contributed by atoms with Crippen molar-refractivity contribution in [1.29, 1.82) is 0 Å². The van der Waals surface area contributed by atoms with E-state index in [0.29, 0.717) is 26.2 Å². The van der Waals surface area contributed by atoms with E-state index in [0.717, 1.165) is 6.42 Å². The summed E-state index contributed by atoms with van der Waals surface area (Å²) in [7, 11) is 1.54. The number of nitrogens with zero attached hydrogens (tertiary/aromatic N) is 3. The maximum Gasteiger partial charge on any atom is 0.451 e. The van der Waals surface area contributed by atoms with Crippen molar-refractivity contribution in [3.05, 3.63) is 11.9 Å². The quantitative estimate of drug-likeness (QED) is 0.800. The minimum Gasteiger partial charge on any atom is -0.383 e. The molecule has 0 aliphatic rings. The Labute approximate surface area is 122 Å². The van der Waals surface area contributed by atoms with Crippen LogP contribution in [0.5, 0.6) is 0 Å². The highest BCUT2D eigenvalue weighted by Gasteiger charge is 2.35. The van der Waals surface area contributed by atoms with Gasteiger partial charge in [0.25, 0.3) is 0 Å². The van der Waals surface area contributed by atoms with E-state index >= 15 is 0 Å². The molecule has 0 spiro atoms. The van der Waals surface area contributed by atoms with Gasteiger partial charge in [0.05, 0.1) is 6.61 Å². The zero-order valence-electron chi connectivity index (χ0n) is 12.5. The molecule has 0 aliphatic heterocycles. The highest BCUT2D eigenvalue weighted by molar-refractivity contribution is 5.49. The van der Waals surface area contributed by atoms with Crippen LogP contribution in [-0.2, 0) is 10.9 Å². The number of alkyl halides is 3. The molecule has 0 bridgehead atoms. The van der Waals surface area contributed by atoms with E-state index in [-0.39, 0.29) is 11.6 Å². The first-order valence-electron chi connectivity index (χ1n) is 6.86. The second-order valence-corrected chi connectivity index (χ2v) is 4.43. The maximum absolute atomic E-state index is 12.9. The van der Waals surface area contributed by atoms with E-state index in [2.05, 4.69) is 15.3 Å². The molecule has 0 fully saturated rings. The summed E-state index contributed by atoms with van der Waals surface area (Å²) in [6.45, 7) is 5.75. The van der Waals surface area contributed by atoms with E-state index in [1.807, 2.05) is 13.8 Å². The third-order valence-electron chi connectivity index (χ3n) is 2.79. The van der Waals surface area contributed by atoms with Gasteiger partial charge < -0.3 is 15.0 Å². The summed E-state index contributed by atoms with van der Waals surface area (Å²) in [4.78, 5) is 8.88. The number of hydrogen-bond acceptors (Lipinski definition) is 5. The van der Waals surface area contributed by atoms with Crippen LogP contribution in [0.4, 0.5) is 24.8 Å². The molecule has 21 heavy (non-hydrogen) atoms. The van der Waals surface area contributed by atoms with Crippen molar-refractivity contribution in [2.75, 3.05) is 43.6 Å². The van der Waals surface area contributed by atoms with Crippen molar-refractivity contribution in [2.24, 2.45) is 0 Å². The Morgan fingerprint density at radius 2 is 2.00 bits per heavy atom. The molecule has 0 atom stereocenters. The standard InChI is InChI=1S/C13H21F3N4O/c1-4-6-17-10-9-11(20(5-2)7-8-21-3)19-12(18-10)13(14,15)16/h9H,4-8H2,1-3H3,(H,17,18,19). The van der Waals surface area contributed by atoms with Gasteiger partial charge in [-0.3, -0.25) is 0 Å². The summed E-state index contributed by atoms with van der Waals surface area (Å²) in [5.41, 5.74) is 0. The lowest BCUT2D eigenvalue weighted by atomic mass is 10.4. The monoisotopic (exact) mass is 306 g/mol. The van der Waals surface area contributed by atoms with Crippen LogP contribution in [0.15, 0.2) is 6.07 Å². The minimum atomic E-state index is -4.57. The van der Waals surface area contributed by atoms with E-state index in [4.69, 9.17) is 4.74 Å². The van der Waals surface area contributed by atoms with Gasteiger partial charge in [-0.15, -0.1) is 0 Å². The third-order valence-corrected chi connectivity index (χ3v) is 2.79. The molecule has 1 N–H and O–H groups in total. The first-order valence-corrected chi connectivity index (χ1v) is 6.86. The van der Waals surface area contributed by atoms with Gasteiger partial charge in [-0.1, -0.05) is 6.92 Å². The topological polar surface area (TPSA) is 50.3 Å². The Hall–Kier alpha value is -1.57. The highest BCUT2D eigenvalue weighted by Crippen LogP contribution is 2.29. The molecule has 1 aromatic rings. The number of aromatic nitrogens is 2. The van der Waals surface area contributed by atoms with Gasteiger partial charge >= 0.3 is 6.18 Å². The van der Waals surface area contributed by atoms with Crippen LogP contribution in [0.25, 0.3) is 0 Å². The molecule has 0 saturated heterocycles. The fraction of sp³-hybridized carbons (Fsp3) is 0.692. The normalized spacial score (nSPS) is 11.5. The molecule has 8 heteroatoms. The van der Waals surface area contributed by atoms with Crippen LogP contribution in [0, 0.1) is 0 Å². The lowest BCUT2D eigenvalue weighted by Gasteiger charge is -2.23. The summed E-state index contributed by atoms with van der Waals surface area (Å²) in [6, 6.07) is 1.53. The molecule has 1 aromatic heterocycles. The van der Waals surface area contributed by atoms with Crippen LogP contribution in [-0.4, -0.2) is 43.3 Å². The fourth-order valence-electron chi connectivity index (χ4n) is 1.70. The zero-order chi connectivity index (χ0) is 15.9. The molecule has 0 radical (unpaired) electrons. The van der Waals surface area contributed by atoms with Crippen molar-refractivity contribution >= 4 is 11.6 Å². The largest absolute Gasteiger partial charge is 0.451 e. The van der Waals surface area contributed by atoms with E-state index in [9.17, 15) is 13.2 Å². The van der Waals surface area contributed by atoms with Gasteiger partial charge in [-0.05, 0) is 13.3 Å². The molecule has 5 nitrogen and oxygen atoms in total. The lowest BCUT2D eigenvalue weighted by molar-refractivity contribution is -0.144. The smallest absolute Gasteiger partial charge is 0.383 e. The molecule has 0 unspecified atom stereocenters. The zero-order valence-corrected chi connectivity index (χ0v) is 12.5. The Morgan fingerprint density at radius 3 is 2.52 bits per heavy atom. The maximum atomic E-state index is 12.9. The van der Waals surface area contributed by atoms with Crippen molar-refractivity contribution < 1.29 is 17.9 Å².